The first-order valence-electron chi connectivity index (χ1n) is 9.22. The Morgan fingerprint density at radius 1 is 0.704 bits per heavy atom. The quantitative estimate of drug-likeness (QED) is 0.451. The lowest BCUT2D eigenvalue weighted by Crippen LogP contribution is -2.05. The fourth-order valence-electron chi connectivity index (χ4n) is 3.02. The summed E-state index contributed by atoms with van der Waals surface area (Å²) >= 11 is 0. The average Bonchev–Trinajstić information content (AvgIpc) is 2.71. The first-order chi connectivity index (χ1) is 13.2. The molecule has 3 aromatic carbocycles. The Kier molecular flexibility index (Phi) is 7.00. The molecule has 0 aliphatic rings. The summed E-state index contributed by atoms with van der Waals surface area (Å²) in [6, 6.07) is 26.2. The van der Waals surface area contributed by atoms with Gasteiger partial charge in [0.25, 0.3) is 0 Å². The van der Waals surface area contributed by atoms with Gasteiger partial charge in [-0.25, -0.2) is 0 Å². The zero-order valence-electron chi connectivity index (χ0n) is 15.7. The molecule has 1 unspecified atom stereocenters. The van der Waals surface area contributed by atoms with Gasteiger partial charge in [-0.15, -0.1) is 0 Å². The molecule has 0 saturated heterocycles. The second-order valence-electron chi connectivity index (χ2n) is 6.10. The van der Waals surface area contributed by atoms with E-state index in [0.29, 0.717) is 13.2 Å². The van der Waals surface area contributed by atoms with Crippen molar-refractivity contribution in [3.63, 3.8) is 0 Å². The van der Waals surface area contributed by atoms with Crippen LogP contribution in [0.25, 0.3) is 11.1 Å². The van der Waals surface area contributed by atoms with Gasteiger partial charge in [-0.1, -0.05) is 66.7 Å². The van der Waals surface area contributed by atoms with Gasteiger partial charge in [0, 0.05) is 0 Å². The molecule has 3 nitrogen and oxygen atoms in total. The number of phenolic OH excluding ortho intramolecular Hbond substituents is 1. The molecule has 3 rings (SSSR count). The number of benzene rings is 3. The van der Waals surface area contributed by atoms with Crippen molar-refractivity contribution in [3.8, 4) is 16.9 Å². The minimum absolute atomic E-state index is 0.00896. The fraction of sp³-hybridized carbons (Fsp3) is 0.217. The van der Waals surface area contributed by atoms with E-state index in [4.69, 9.17) is 9.05 Å². The minimum Gasteiger partial charge on any atom is -0.508 e. The van der Waals surface area contributed by atoms with Crippen LogP contribution in [0.15, 0.2) is 78.9 Å². The molecule has 140 valence electrons. The van der Waals surface area contributed by atoms with Crippen LogP contribution in [0.1, 0.15) is 30.6 Å². The number of hydrogen-bond acceptors (Lipinski definition) is 3. The Hall–Kier alpha value is -2.19. The van der Waals surface area contributed by atoms with Gasteiger partial charge in [-0.05, 0) is 48.2 Å². The van der Waals surface area contributed by atoms with E-state index in [0.717, 1.165) is 11.1 Å². The Morgan fingerprint density at radius 2 is 1.19 bits per heavy atom. The monoisotopic (exact) mass is 380 g/mol. The third-order valence-corrected chi connectivity index (χ3v) is 6.31. The summed E-state index contributed by atoms with van der Waals surface area (Å²) in [5.41, 5.74) is 4.59. The SMILES string of the molecule is CCOP(OCC)C(c1ccc(O)cc1)c1ccc(-c2ccccc2)cc1. The third kappa shape index (κ3) is 4.95. The minimum atomic E-state index is -1.13. The van der Waals surface area contributed by atoms with Gasteiger partial charge in [0.15, 0.2) is 8.38 Å². The zero-order chi connectivity index (χ0) is 19.1. The molecule has 27 heavy (non-hydrogen) atoms. The second-order valence-corrected chi connectivity index (χ2v) is 7.71. The lowest BCUT2D eigenvalue weighted by Gasteiger charge is -2.26. The Bertz CT molecular complexity index is 811. The topological polar surface area (TPSA) is 38.7 Å². The van der Waals surface area contributed by atoms with Crippen LogP contribution in [-0.2, 0) is 9.05 Å². The van der Waals surface area contributed by atoms with E-state index in [1.54, 1.807) is 12.1 Å². The molecule has 0 heterocycles. The van der Waals surface area contributed by atoms with Crippen LogP contribution >= 0.6 is 8.38 Å². The molecule has 0 aliphatic heterocycles. The van der Waals surface area contributed by atoms with Crippen LogP contribution < -0.4 is 0 Å². The maximum atomic E-state index is 9.66. The molecule has 0 aliphatic carbocycles. The highest BCUT2D eigenvalue weighted by Crippen LogP contribution is 2.56. The van der Waals surface area contributed by atoms with Crippen molar-refractivity contribution < 1.29 is 14.2 Å². The molecule has 0 spiro atoms. The van der Waals surface area contributed by atoms with Gasteiger partial charge in [-0.3, -0.25) is 0 Å². The molecular formula is C23H25O3P. The van der Waals surface area contributed by atoms with E-state index in [1.807, 2.05) is 44.2 Å². The molecule has 0 saturated carbocycles. The second kappa shape index (κ2) is 9.66. The first-order valence-corrected chi connectivity index (χ1v) is 10.5. The van der Waals surface area contributed by atoms with Crippen LogP contribution in [0.2, 0.25) is 0 Å². The lowest BCUT2D eigenvalue weighted by atomic mass is 10.00. The van der Waals surface area contributed by atoms with Crippen molar-refractivity contribution in [2.45, 2.75) is 19.5 Å². The summed E-state index contributed by atoms with van der Waals surface area (Å²) in [5, 5.41) is 9.66. The Balaban J connectivity index is 1.97. The van der Waals surface area contributed by atoms with Crippen molar-refractivity contribution in [2.75, 3.05) is 13.2 Å². The third-order valence-electron chi connectivity index (χ3n) is 4.27. The van der Waals surface area contributed by atoms with Crippen LogP contribution in [0.4, 0.5) is 0 Å². The highest BCUT2D eigenvalue weighted by molar-refractivity contribution is 7.48. The Morgan fingerprint density at radius 3 is 1.70 bits per heavy atom. The summed E-state index contributed by atoms with van der Waals surface area (Å²) in [6.45, 7) is 5.17. The van der Waals surface area contributed by atoms with Crippen molar-refractivity contribution in [1.82, 2.24) is 0 Å². The van der Waals surface area contributed by atoms with Crippen LogP contribution in [0.5, 0.6) is 5.75 Å². The van der Waals surface area contributed by atoms with Crippen molar-refractivity contribution in [2.24, 2.45) is 0 Å². The molecule has 0 fully saturated rings. The van der Waals surface area contributed by atoms with Crippen LogP contribution in [-0.4, -0.2) is 18.3 Å². The molecule has 1 N–H and O–H groups in total. The van der Waals surface area contributed by atoms with Crippen molar-refractivity contribution in [1.29, 1.82) is 0 Å². The van der Waals surface area contributed by atoms with E-state index in [9.17, 15) is 5.11 Å². The molecular weight excluding hydrogens is 355 g/mol. The molecule has 0 bridgehead atoms. The average molecular weight is 380 g/mol. The summed E-state index contributed by atoms with van der Waals surface area (Å²) in [7, 11) is -1.13. The van der Waals surface area contributed by atoms with Crippen molar-refractivity contribution >= 4 is 8.38 Å². The molecule has 0 radical (unpaired) electrons. The maximum absolute atomic E-state index is 9.66. The van der Waals surface area contributed by atoms with E-state index < -0.39 is 8.38 Å². The Labute approximate surface area is 162 Å². The summed E-state index contributed by atoms with van der Waals surface area (Å²) in [5.74, 6) is 0.258. The fourth-order valence-corrected chi connectivity index (χ4v) is 4.73. The highest BCUT2D eigenvalue weighted by Gasteiger charge is 2.27. The predicted octanol–water partition coefficient (Wildman–Crippen LogP) is 6.53. The van der Waals surface area contributed by atoms with E-state index in [1.165, 1.54) is 11.1 Å². The molecule has 1 atom stereocenters. The molecule has 0 aromatic heterocycles. The maximum Gasteiger partial charge on any atom is 0.183 e. The predicted molar refractivity (Wildman–Crippen MR) is 112 cm³/mol. The van der Waals surface area contributed by atoms with Crippen LogP contribution in [0.3, 0.4) is 0 Å². The molecule has 4 heteroatoms. The van der Waals surface area contributed by atoms with E-state index in [2.05, 4.69) is 36.4 Å². The normalized spacial score (nSPS) is 12.3. The van der Waals surface area contributed by atoms with Gasteiger partial charge in [0.05, 0.1) is 18.9 Å². The first kappa shape index (κ1) is 19.6. The number of phenols is 1. The van der Waals surface area contributed by atoms with E-state index >= 15 is 0 Å². The summed E-state index contributed by atoms with van der Waals surface area (Å²) < 4.78 is 12.0. The molecule has 0 amide bonds. The van der Waals surface area contributed by atoms with Gasteiger partial charge in [0.1, 0.15) is 5.75 Å². The number of aromatic hydroxyl groups is 1. The van der Waals surface area contributed by atoms with Gasteiger partial charge < -0.3 is 14.2 Å². The van der Waals surface area contributed by atoms with Gasteiger partial charge >= 0.3 is 0 Å². The number of hydrogen-bond donors (Lipinski definition) is 1. The van der Waals surface area contributed by atoms with Gasteiger partial charge in [-0.2, -0.15) is 0 Å². The zero-order valence-corrected chi connectivity index (χ0v) is 16.6. The standard InChI is InChI=1S/C23H25O3P/c1-3-25-27(26-4-2)23(21-14-16-22(24)17-15-21)20-12-10-19(11-13-20)18-8-6-5-7-9-18/h5-17,23-24H,3-4H2,1-2H3. The lowest BCUT2D eigenvalue weighted by molar-refractivity contribution is 0.265. The summed E-state index contributed by atoms with van der Waals surface area (Å²) in [4.78, 5) is 0. The summed E-state index contributed by atoms with van der Waals surface area (Å²) in [6.07, 6.45) is 0. The number of rotatable bonds is 8. The largest absolute Gasteiger partial charge is 0.508 e. The van der Waals surface area contributed by atoms with Crippen LogP contribution in [0, 0.1) is 0 Å². The van der Waals surface area contributed by atoms with Crippen molar-refractivity contribution in [3.05, 3.63) is 90.0 Å². The van der Waals surface area contributed by atoms with E-state index in [-0.39, 0.29) is 11.4 Å². The molecule has 3 aromatic rings. The smallest absolute Gasteiger partial charge is 0.183 e. The highest BCUT2D eigenvalue weighted by atomic mass is 31.2. The van der Waals surface area contributed by atoms with Gasteiger partial charge in [0.2, 0.25) is 0 Å².